The summed E-state index contributed by atoms with van der Waals surface area (Å²) in [4.78, 5) is 42.5. The molecular weight excluding hydrogens is 969 g/mol. The van der Waals surface area contributed by atoms with Crippen molar-refractivity contribution in [2.75, 3.05) is 20.3 Å². The summed E-state index contributed by atoms with van der Waals surface area (Å²) in [5.74, 6) is -2.19. The van der Waals surface area contributed by atoms with Crippen LogP contribution in [0.5, 0.6) is 0 Å². The molecule has 7 aromatic rings. The molecule has 14 nitrogen and oxygen atoms in total. The van der Waals surface area contributed by atoms with E-state index >= 15 is 0 Å². The molecule has 0 N–H and O–H groups in total. The highest BCUT2D eigenvalue weighted by molar-refractivity contribution is 5.91. The minimum atomic E-state index is -1.50. The molecule has 2 saturated heterocycles. The summed E-state index contributed by atoms with van der Waals surface area (Å²) < 4.78 is 73.0. The largest absolute Gasteiger partial charge is 0.459 e. The van der Waals surface area contributed by atoms with Crippen molar-refractivity contribution in [2.24, 2.45) is 0 Å². The molecule has 9 rings (SSSR count). The van der Waals surface area contributed by atoms with Gasteiger partial charge >= 0.3 is 17.9 Å². The molecule has 0 aliphatic carbocycles. The second-order valence-corrected chi connectivity index (χ2v) is 18.1. The lowest BCUT2D eigenvalue weighted by atomic mass is 9.95. The summed E-state index contributed by atoms with van der Waals surface area (Å²) in [7, 11) is 1.51. The third-order valence-electron chi connectivity index (χ3n) is 12.8. The molecule has 10 atom stereocenters. The van der Waals surface area contributed by atoms with E-state index in [1.165, 1.54) is 7.11 Å². The lowest BCUT2D eigenvalue weighted by molar-refractivity contribution is -0.371. The molecule has 14 heteroatoms. The van der Waals surface area contributed by atoms with E-state index in [9.17, 15) is 14.4 Å². The molecule has 0 saturated carbocycles. The maximum atomic E-state index is 14.5. The zero-order chi connectivity index (χ0) is 52.3. The van der Waals surface area contributed by atoms with E-state index in [-0.39, 0.29) is 49.7 Å². The molecule has 0 unspecified atom stereocenters. The van der Waals surface area contributed by atoms with Gasteiger partial charge in [-0.25, -0.2) is 14.4 Å². The fourth-order valence-corrected chi connectivity index (χ4v) is 8.98. The minimum absolute atomic E-state index is 0.0336. The first-order chi connectivity index (χ1) is 37.4. The van der Waals surface area contributed by atoms with Crippen molar-refractivity contribution in [1.29, 1.82) is 0 Å². The Balaban J connectivity index is 1.15. The highest BCUT2D eigenvalue weighted by atomic mass is 16.8. The number of methoxy groups -OCH3 is 1. The van der Waals surface area contributed by atoms with E-state index in [4.69, 9.17) is 52.1 Å². The van der Waals surface area contributed by atoms with E-state index in [0.717, 1.165) is 22.3 Å². The quantitative estimate of drug-likeness (QED) is 0.0441. The minimum Gasteiger partial charge on any atom is -0.459 e. The number of ether oxygens (including phenoxy) is 11. The first-order valence-corrected chi connectivity index (χ1v) is 25.2. The van der Waals surface area contributed by atoms with Crippen LogP contribution in [0.2, 0.25) is 0 Å². The van der Waals surface area contributed by atoms with Gasteiger partial charge in [0.1, 0.15) is 43.2 Å². The van der Waals surface area contributed by atoms with Crippen LogP contribution in [0.1, 0.15) is 53.3 Å². The van der Waals surface area contributed by atoms with Crippen LogP contribution < -0.4 is 0 Å². The van der Waals surface area contributed by atoms with Crippen LogP contribution >= 0.6 is 0 Å². The number of benzene rings is 7. The lowest BCUT2D eigenvalue weighted by Crippen LogP contribution is -2.67. The average molecular weight is 1030 g/mol. The molecule has 2 fully saturated rings. The van der Waals surface area contributed by atoms with E-state index < -0.39 is 85.9 Å². The van der Waals surface area contributed by atoms with E-state index in [2.05, 4.69) is 0 Å². The topological polar surface area (TPSA) is 153 Å². The molecule has 7 aromatic carbocycles. The first kappa shape index (κ1) is 53.5. The molecular formula is C62H60O14. The Morgan fingerprint density at radius 2 is 0.724 bits per heavy atom. The number of esters is 3. The van der Waals surface area contributed by atoms with Gasteiger partial charge in [0, 0.05) is 7.11 Å². The Morgan fingerprint density at radius 1 is 0.368 bits per heavy atom. The van der Waals surface area contributed by atoms with Gasteiger partial charge in [0.25, 0.3) is 0 Å². The van der Waals surface area contributed by atoms with Crippen molar-refractivity contribution >= 4 is 17.9 Å². The SMILES string of the molecule is CO[C@H]1O[C@H](COCc2ccccc2)[C@@H](OCc2ccccc2)[C@H](O[C@H]2O[C@H](COC(=O)c3ccccc3)[C@@H](OC(=O)c3ccccc3)[C@H](OC(=O)c3ccccc3)[C@H]2OCc2ccccc2)[C@H]1OCc1ccccc1. The molecule has 0 bridgehead atoms. The van der Waals surface area contributed by atoms with E-state index in [1.807, 2.05) is 121 Å². The zero-order valence-corrected chi connectivity index (χ0v) is 41.9. The predicted molar refractivity (Wildman–Crippen MR) is 278 cm³/mol. The van der Waals surface area contributed by atoms with Gasteiger partial charge in [-0.3, -0.25) is 0 Å². The van der Waals surface area contributed by atoms with Gasteiger partial charge in [0.05, 0.1) is 49.7 Å². The van der Waals surface area contributed by atoms with Crippen LogP contribution in [0.4, 0.5) is 0 Å². The van der Waals surface area contributed by atoms with E-state index in [1.54, 1.807) is 91.0 Å². The summed E-state index contributed by atoms with van der Waals surface area (Å²) in [6.45, 7) is 0.0166. The number of carbonyl (C=O) groups excluding carboxylic acids is 3. The molecule has 0 radical (unpaired) electrons. The Bertz CT molecular complexity index is 2830. The lowest BCUT2D eigenvalue weighted by Gasteiger charge is -2.49. The Morgan fingerprint density at radius 3 is 1.17 bits per heavy atom. The number of hydrogen-bond acceptors (Lipinski definition) is 14. The third kappa shape index (κ3) is 14.5. The molecule has 392 valence electrons. The highest BCUT2D eigenvalue weighted by Gasteiger charge is 2.56. The van der Waals surface area contributed by atoms with Crippen LogP contribution in [0.25, 0.3) is 0 Å². The molecule has 2 aliphatic heterocycles. The van der Waals surface area contributed by atoms with Crippen molar-refractivity contribution in [2.45, 2.75) is 87.8 Å². The van der Waals surface area contributed by atoms with Crippen LogP contribution in [-0.2, 0) is 78.5 Å². The Hall–Kier alpha value is -7.37. The fourth-order valence-electron chi connectivity index (χ4n) is 8.98. The summed E-state index contributed by atoms with van der Waals surface area (Å²) in [6.07, 6.45) is -12.1. The van der Waals surface area contributed by atoms with Crippen LogP contribution in [0.15, 0.2) is 212 Å². The highest BCUT2D eigenvalue weighted by Crippen LogP contribution is 2.37. The predicted octanol–water partition coefficient (Wildman–Crippen LogP) is 9.75. The number of hydrogen-bond donors (Lipinski definition) is 0. The van der Waals surface area contributed by atoms with Crippen molar-refractivity contribution in [1.82, 2.24) is 0 Å². The molecule has 2 aliphatic rings. The number of carbonyl (C=O) groups is 3. The van der Waals surface area contributed by atoms with Gasteiger partial charge < -0.3 is 52.1 Å². The monoisotopic (exact) mass is 1030 g/mol. The maximum absolute atomic E-state index is 14.5. The molecule has 76 heavy (non-hydrogen) atoms. The van der Waals surface area contributed by atoms with Crippen LogP contribution in [0, 0.1) is 0 Å². The standard InChI is InChI=1S/C62H60O14/c1-66-61-56(69-39-45-27-13-4-14-28-45)54(52(68-38-44-25-11-3-12-26-44)50(72-61)41-67-37-43-23-9-2-10-24-43)76-62-57(70-40-46-29-15-5-16-30-46)55(75-60(65)49-35-21-8-22-36-49)53(74-59(64)48-33-19-7-20-34-48)51(73-62)42-71-58(63)47-31-17-6-18-32-47/h2-36,50-57,61-62H,37-42H2,1H3/t50-,51-,52-,53-,54+,55+,56-,57-,61+,62-/m1/s1. The van der Waals surface area contributed by atoms with Crippen LogP contribution in [-0.4, -0.2) is 99.6 Å². The van der Waals surface area contributed by atoms with E-state index in [0.29, 0.717) is 0 Å². The van der Waals surface area contributed by atoms with Gasteiger partial charge in [-0.2, -0.15) is 0 Å². The molecule has 0 amide bonds. The number of rotatable bonds is 23. The second kappa shape index (κ2) is 27.4. The average Bonchev–Trinajstić information content (AvgIpc) is 3.48. The smallest absolute Gasteiger partial charge is 0.338 e. The summed E-state index contributed by atoms with van der Waals surface area (Å²) in [5, 5.41) is 0. The third-order valence-corrected chi connectivity index (χ3v) is 12.8. The van der Waals surface area contributed by atoms with Crippen molar-refractivity contribution < 1.29 is 66.5 Å². The van der Waals surface area contributed by atoms with Gasteiger partial charge in [0.2, 0.25) is 0 Å². The maximum Gasteiger partial charge on any atom is 0.338 e. The first-order valence-electron chi connectivity index (χ1n) is 25.2. The Kier molecular flexibility index (Phi) is 19.3. The normalized spacial score (nSPS) is 23.2. The van der Waals surface area contributed by atoms with Crippen LogP contribution in [0.3, 0.4) is 0 Å². The zero-order valence-electron chi connectivity index (χ0n) is 41.9. The summed E-state index contributed by atoms with van der Waals surface area (Å²) in [5.41, 5.74) is 4.14. The second-order valence-electron chi connectivity index (χ2n) is 18.1. The summed E-state index contributed by atoms with van der Waals surface area (Å²) >= 11 is 0. The van der Waals surface area contributed by atoms with Gasteiger partial charge in [-0.1, -0.05) is 176 Å². The molecule has 0 aromatic heterocycles. The van der Waals surface area contributed by atoms with Crippen molar-refractivity contribution in [3.05, 3.63) is 251 Å². The summed E-state index contributed by atoms with van der Waals surface area (Å²) in [6, 6.07) is 63.6. The Labute approximate surface area is 442 Å². The van der Waals surface area contributed by atoms with Crippen molar-refractivity contribution in [3.63, 3.8) is 0 Å². The molecule has 0 spiro atoms. The van der Waals surface area contributed by atoms with Crippen molar-refractivity contribution in [3.8, 4) is 0 Å². The molecule has 2 heterocycles. The van der Waals surface area contributed by atoms with Gasteiger partial charge in [-0.05, 0) is 58.7 Å². The van der Waals surface area contributed by atoms with Gasteiger partial charge in [-0.15, -0.1) is 0 Å². The fraction of sp³-hybridized carbons (Fsp3) is 0.274. The van der Waals surface area contributed by atoms with Gasteiger partial charge in [0.15, 0.2) is 24.8 Å².